The molecule has 0 aliphatic carbocycles. The summed E-state index contributed by atoms with van der Waals surface area (Å²) in [4.78, 5) is 39.8. The van der Waals surface area contributed by atoms with Gasteiger partial charge in [-0.2, -0.15) is 0 Å². The van der Waals surface area contributed by atoms with Gasteiger partial charge in [0.25, 0.3) is 5.91 Å². The molecule has 3 rings (SSSR count). The first-order valence-electron chi connectivity index (χ1n) is 7.69. The van der Waals surface area contributed by atoms with Crippen LogP contribution in [0.5, 0.6) is 5.75 Å². The number of anilines is 1. The molecular formula is C16H20N3O4+. The summed E-state index contributed by atoms with van der Waals surface area (Å²) >= 11 is 0. The van der Waals surface area contributed by atoms with E-state index in [1.165, 1.54) is 4.90 Å². The summed E-state index contributed by atoms with van der Waals surface area (Å²) < 4.78 is 5.10. The van der Waals surface area contributed by atoms with Crippen LogP contribution in [0, 0.1) is 0 Å². The van der Waals surface area contributed by atoms with E-state index in [2.05, 4.69) is 0 Å². The molecule has 1 N–H and O–H groups in total. The Morgan fingerprint density at radius 3 is 2.39 bits per heavy atom. The average molecular weight is 318 g/mol. The lowest BCUT2D eigenvalue weighted by Gasteiger charge is -2.32. The lowest BCUT2D eigenvalue weighted by Crippen LogP contribution is -3.19. The van der Waals surface area contributed by atoms with E-state index in [1.54, 1.807) is 36.3 Å². The zero-order valence-electron chi connectivity index (χ0n) is 13.0. The summed E-state index contributed by atoms with van der Waals surface area (Å²) in [5.74, 6) is 0.352. The molecule has 1 aromatic carbocycles. The Labute approximate surface area is 134 Å². The van der Waals surface area contributed by atoms with Crippen LogP contribution in [-0.4, -0.2) is 62.5 Å². The number of methoxy groups -OCH3 is 1. The number of hydrogen-bond donors (Lipinski definition) is 1. The Balaban J connectivity index is 1.73. The van der Waals surface area contributed by atoms with Crippen molar-refractivity contribution in [1.82, 2.24) is 4.90 Å². The predicted molar refractivity (Wildman–Crippen MR) is 82.2 cm³/mol. The first-order chi connectivity index (χ1) is 11.1. The molecule has 0 bridgehead atoms. The van der Waals surface area contributed by atoms with E-state index >= 15 is 0 Å². The van der Waals surface area contributed by atoms with E-state index < -0.39 is 0 Å². The second-order valence-corrected chi connectivity index (χ2v) is 5.82. The lowest BCUT2D eigenvalue weighted by molar-refractivity contribution is -0.918. The minimum absolute atomic E-state index is 0.158. The van der Waals surface area contributed by atoms with Crippen molar-refractivity contribution in [2.75, 3.05) is 38.2 Å². The van der Waals surface area contributed by atoms with Crippen LogP contribution in [0.4, 0.5) is 5.69 Å². The summed E-state index contributed by atoms with van der Waals surface area (Å²) in [6.07, 6.45) is 1.06. The van der Waals surface area contributed by atoms with Crippen molar-refractivity contribution in [2.24, 2.45) is 0 Å². The molecule has 0 aromatic heterocycles. The zero-order valence-corrected chi connectivity index (χ0v) is 13.0. The normalized spacial score (nSPS) is 22.6. The maximum Gasteiger partial charge on any atom is 0.292 e. The smallest absolute Gasteiger partial charge is 0.292 e. The highest BCUT2D eigenvalue weighted by Crippen LogP contribution is 2.24. The van der Waals surface area contributed by atoms with E-state index in [0.29, 0.717) is 37.6 Å². The molecule has 2 fully saturated rings. The van der Waals surface area contributed by atoms with Crippen molar-refractivity contribution in [3.8, 4) is 5.75 Å². The highest BCUT2D eigenvalue weighted by Gasteiger charge is 2.46. The number of amides is 3. The number of carbonyl (C=O) groups excluding carboxylic acids is 3. The Morgan fingerprint density at radius 2 is 1.83 bits per heavy atom. The molecule has 0 spiro atoms. The fraction of sp³-hybridized carbons (Fsp3) is 0.438. The van der Waals surface area contributed by atoms with Crippen molar-refractivity contribution in [2.45, 2.75) is 12.5 Å². The Bertz CT molecular complexity index is 608. The van der Waals surface area contributed by atoms with Crippen molar-refractivity contribution < 1.29 is 24.0 Å². The molecule has 2 aliphatic heterocycles. The van der Waals surface area contributed by atoms with Gasteiger partial charge in [0.05, 0.1) is 45.4 Å². The summed E-state index contributed by atoms with van der Waals surface area (Å²) in [6.45, 7) is 2.64. The monoisotopic (exact) mass is 318 g/mol. The maximum absolute atomic E-state index is 12.7. The third kappa shape index (κ3) is 2.92. The average Bonchev–Trinajstić information content (AvgIpc) is 2.89. The number of hydrogen-bond acceptors (Lipinski definition) is 4. The number of rotatable bonds is 4. The molecule has 7 nitrogen and oxygen atoms in total. The van der Waals surface area contributed by atoms with E-state index in [0.717, 1.165) is 11.3 Å². The molecule has 0 unspecified atom stereocenters. The van der Waals surface area contributed by atoms with Crippen molar-refractivity contribution in [1.29, 1.82) is 0 Å². The highest BCUT2D eigenvalue weighted by molar-refractivity contribution is 6.21. The summed E-state index contributed by atoms with van der Waals surface area (Å²) in [5.41, 5.74) is 0.578. The minimum Gasteiger partial charge on any atom is -0.497 e. The van der Waals surface area contributed by atoms with Crippen molar-refractivity contribution in [3.05, 3.63) is 24.3 Å². The van der Waals surface area contributed by atoms with Crippen LogP contribution in [0.2, 0.25) is 0 Å². The number of carbonyl (C=O) groups is 3. The highest BCUT2D eigenvalue weighted by atomic mass is 16.5. The van der Waals surface area contributed by atoms with E-state index in [1.807, 2.05) is 0 Å². The Kier molecular flexibility index (Phi) is 4.29. The maximum atomic E-state index is 12.7. The van der Waals surface area contributed by atoms with Gasteiger partial charge in [-0.15, -0.1) is 0 Å². The van der Waals surface area contributed by atoms with Gasteiger partial charge in [0.2, 0.25) is 12.3 Å². The number of quaternary nitrogens is 1. The van der Waals surface area contributed by atoms with Gasteiger partial charge in [-0.1, -0.05) is 0 Å². The van der Waals surface area contributed by atoms with Crippen molar-refractivity contribution in [3.63, 3.8) is 0 Å². The minimum atomic E-state index is -0.349. The fourth-order valence-corrected chi connectivity index (χ4v) is 3.22. The van der Waals surface area contributed by atoms with Gasteiger partial charge in [-0.3, -0.25) is 14.4 Å². The number of imide groups is 1. The Morgan fingerprint density at radius 1 is 1.17 bits per heavy atom. The van der Waals surface area contributed by atoms with Crippen LogP contribution in [0.15, 0.2) is 24.3 Å². The number of piperazine rings is 1. The third-order valence-corrected chi connectivity index (χ3v) is 4.56. The molecule has 1 aromatic rings. The van der Waals surface area contributed by atoms with Gasteiger partial charge in [-0.05, 0) is 24.3 Å². The molecule has 0 radical (unpaired) electrons. The molecule has 2 saturated heterocycles. The van der Waals surface area contributed by atoms with Crippen LogP contribution in [0.25, 0.3) is 0 Å². The van der Waals surface area contributed by atoms with Gasteiger partial charge >= 0.3 is 0 Å². The van der Waals surface area contributed by atoms with Gasteiger partial charge in [0.1, 0.15) is 5.75 Å². The van der Waals surface area contributed by atoms with Gasteiger partial charge in [0, 0.05) is 0 Å². The van der Waals surface area contributed by atoms with Crippen molar-refractivity contribution >= 4 is 23.9 Å². The number of ether oxygens (including phenoxy) is 1. The predicted octanol–water partition coefficient (Wildman–Crippen LogP) is -1.32. The topological polar surface area (TPSA) is 71.4 Å². The van der Waals surface area contributed by atoms with Crippen LogP contribution in [0.3, 0.4) is 0 Å². The molecule has 122 valence electrons. The number of nitrogens with one attached hydrogen (secondary N) is 1. The second kappa shape index (κ2) is 6.37. The van der Waals surface area contributed by atoms with E-state index in [4.69, 9.17) is 4.74 Å². The second-order valence-electron chi connectivity index (χ2n) is 5.82. The summed E-state index contributed by atoms with van der Waals surface area (Å²) in [7, 11) is 1.57. The van der Waals surface area contributed by atoms with Gasteiger partial charge in [-0.25, -0.2) is 4.90 Å². The molecule has 2 aliphatic rings. The van der Waals surface area contributed by atoms with Crippen LogP contribution < -0.4 is 14.5 Å². The van der Waals surface area contributed by atoms with Gasteiger partial charge in [0.15, 0.2) is 6.04 Å². The molecule has 2 heterocycles. The molecular weight excluding hydrogens is 298 g/mol. The summed E-state index contributed by atoms with van der Waals surface area (Å²) in [6, 6.07) is 6.56. The third-order valence-electron chi connectivity index (χ3n) is 4.56. The first kappa shape index (κ1) is 15.5. The lowest BCUT2D eigenvalue weighted by atomic mass is 10.2. The molecule has 0 saturated carbocycles. The number of nitrogens with zero attached hydrogens (tertiary/aromatic N) is 2. The Hall–Kier alpha value is -2.41. The van der Waals surface area contributed by atoms with Crippen LogP contribution >= 0.6 is 0 Å². The SMILES string of the molecule is COc1ccc(N2C(=O)C[C@H]([NH+]3CCN(C=O)CC3)C2=O)cc1. The van der Waals surface area contributed by atoms with E-state index in [9.17, 15) is 14.4 Å². The molecule has 7 heteroatoms. The molecule has 1 atom stereocenters. The largest absolute Gasteiger partial charge is 0.497 e. The van der Waals surface area contributed by atoms with E-state index in [-0.39, 0.29) is 24.3 Å². The van der Waals surface area contributed by atoms with Crippen LogP contribution in [-0.2, 0) is 14.4 Å². The van der Waals surface area contributed by atoms with Gasteiger partial charge < -0.3 is 14.5 Å². The standard InChI is InChI=1S/C16H19N3O4/c1-23-13-4-2-12(3-5-13)19-15(21)10-14(16(19)22)18-8-6-17(11-20)7-9-18/h2-5,11,14H,6-10H2,1H3/p+1/t14-/m0/s1. The molecule has 3 amide bonds. The first-order valence-corrected chi connectivity index (χ1v) is 7.69. The summed E-state index contributed by atoms with van der Waals surface area (Å²) in [5, 5.41) is 0. The zero-order chi connectivity index (χ0) is 16.4. The fourth-order valence-electron chi connectivity index (χ4n) is 3.22. The molecule has 23 heavy (non-hydrogen) atoms. The number of benzene rings is 1. The quantitative estimate of drug-likeness (QED) is 0.552. The van der Waals surface area contributed by atoms with Crippen LogP contribution in [0.1, 0.15) is 6.42 Å².